The molecule has 1 amide bonds. The van der Waals surface area contributed by atoms with Gasteiger partial charge in [-0.25, -0.2) is 0 Å². The molecule has 1 unspecified atom stereocenters. The van der Waals surface area contributed by atoms with Gasteiger partial charge in [-0.15, -0.1) is 0 Å². The van der Waals surface area contributed by atoms with Crippen LogP contribution in [0.2, 0.25) is 0 Å². The van der Waals surface area contributed by atoms with Gasteiger partial charge in [0.2, 0.25) is 5.91 Å². The molecule has 2 atom stereocenters. The third-order valence-electron chi connectivity index (χ3n) is 5.30. The Balaban J connectivity index is 1.79. The van der Waals surface area contributed by atoms with E-state index < -0.39 is 17.5 Å². The second-order valence-corrected chi connectivity index (χ2v) is 8.78. The zero-order chi connectivity index (χ0) is 21.7. The monoisotopic (exact) mass is 419 g/mol. The first-order valence-electron chi connectivity index (χ1n) is 10.7. The standard InChI is InChI=1S/C23H33NO6/c1-23(2,3)30-22(26)18-11-9-16-8-10-17(27-4)15-19(16)24(21(18)25)12-14-29-20-7-5-6-13-28-20/h8,10,15,18,20H,5-7,9,11-14H2,1-4H3/t18-,20?/m0/s1. The molecule has 0 radical (unpaired) electrons. The molecular weight excluding hydrogens is 386 g/mol. The molecule has 0 N–H and O–H groups in total. The van der Waals surface area contributed by atoms with Gasteiger partial charge >= 0.3 is 5.97 Å². The summed E-state index contributed by atoms with van der Waals surface area (Å²) in [6, 6.07) is 5.68. The van der Waals surface area contributed by atoms with Crippen LogP contribution < -0.4 is 9.64 Å². The van der Waals surface area contributed by atoms with Crippen LogP contribution in [-0.2, 0) is 30.2 Å². The van der Waals surface area contributed by atoms with Gasteiger partial charge in [0.25, 0.3) is 0 Å². The first-order chi connectivity index (χ1) is 14.3. The summed E-state index contributed by atoms with van der Waals surface area (Å²) < 4.78 is 22.4. The molecule has 7 nitrogen and oxygen atoms in total. The van der Waals surface area contributed by atoms with Gasteiger partial charge in [-0.2, -0.15) is 0 Å². The summed E-state index contributed by atoms with van der Waals surface area (Å²) in [4.78, 5) is 27.8. The number of nitrogens with zero attached hydrogens (tertiary/aromatic N) is 1. The lowest BCUT2D eigenvalue weighted by atomic mass is 10.00. The van der Waals surface area contributed by atoms with Gasteiger partial charge in [-0.3, -0.25) is 9.59 Å². The van der Waals surface area contributed by atoms with E-state index in [1.807, 2.05) is 39.0 Å². The molecule has 166 valence electrons. The lowest BCUT2D eigenvalue weighted by Gasteiger charge is -2.29. The molecule has 1 saturated heterocycles. The minimum absolute atomic E-state index is 0.229. The lowest BCUT2D eigenvalue weighted by molar-refractivity contribution is -0.164. The molecular formula is C23H33NO6. The maximum atomic E-state index is 13.4. The molecule has 7 heteroatoms. The summed E-state index contributed by atoms with van der Waals surface area (Å²) >= 11 is 0. The van der Waals surface area contributed by atoms with E-state index in [4.69, 9.17) is 18.9 Å². The van der Waals surface area contributed by atoms with Crippen LogP contribution in [0.25, 0.3) is 0 Å². The van der Waals surface area contributed by atoms with E-state index in [2.05, 4.69) is 0 Å². The van der Waals surface area contributed by atoms with Crippen molar-refractivity contribution < 1.29 is 28.5 Å². The Morgan fingerprint density at radius 2 is 2.03 bits per heavy atom. The molecule has 0 aliphatic carbocycles. The zero-order valence-corrected chi connectivity index (χ0v) is 18.4. The van der Waals surface area contributed by atoms with Gasteiger partial charge in [0.1, 0.15) is 17.3 Å². The molecule has 1 fully saturated rings. The van der Waals surface area contributed by atoms with Crippen molar-refractivity contribution in [2.45, 2.75) is 64.8 Å². The number of benzene rings is 1. The number of anilines is 1. The van der Waals surface area contributed by atoms with E-state index in [-0.39, 0.29) is 12.2 Å². The maximum Gasteiger partial charge on any atom is 0.319 e. The summed E-state index contributed by atoms with van der Waals surface area (Å²) in [6.45, 7) is 6.78. The summed E-state index contributed by atoms with van der Waals surface area (Å²) in [5.41, 5.74) is 1.12. The Kier molecular flexibility index (Phi) is 7.36. The molecule has 1 aromatic rings. The number of amides is 1. The Morgan fingerprint density at radius 3 is 2.70 bits per heavy atom. The minimum Gasteiger partial charge on any atom is -0.497 e. The largest absolute Gasteiger partial charge is 0.497 e. The molecule has 3 rings (SSSR count). The van der Waals surface area contributed by atoms with Gasteiger partial charge in [-0.05, 0) is 64.5 Å². The molecule has 1 aromatic carbocycles. The number of carbonyl (C=O) groups is 2. The lowest BCUT2D eigenvalue weighted by Crippen LogP contribution is -2.43. The maximum absolute atomic E-state index is 13.4. The second kappa shape index (κ2) is 9.79. The molecule has 2 heterocycles. The predicted octanol–water partition coefficient (Wildman–Crippen LogP) is 3.48. The van der Waals surface area contributed by atoms with Crippen LogP contribution in [0, 0.1) is 5.92 Å². The van der Waals surface area contributed by atoms with Crippen molar-refractivity contribution in [2.75, 3.05) is 31.8 Å². The average Bonchev–Trinajstić information content (AvgIpc) is 2.84. The van der Waals surface area contributed by atoms with E-state index in [0.717, 1.165) is 30.5 Å². The Hall–Kier alpha value is -2.12. The van der Waals surface area contributed by atoms with E-state index >= 15 is 0 Å². The quantitative estimate of drug-likeness (QED) is 0.519. The number of hydrogen-bond donors (Lipinski definition) is 0. The normalized spacial score (nSPS) is 22.3. The Morgan fingerprint density at radius 1 is 1.23 bits per heavy atom. The van der Waals surface area contributed by atoms with Crippen LogP contribution in [0.4, 0.5) is 5.69 Å². The summed E-state index contributed by atoms with van der Waals surface area (Å²) in [6.07, 6.45) is 3.78. The van der Waals surface area contributed by atoms with Gasteiger partial charge in [0.15, 0.2) is 6.29 Å². The molecule has 2 aliphatic rings. The number of esters is 1. The van der Waals surface area contributed by atoms with Gasteiger partial charge in [0.05, 0.1) is 19.4 Å². The summed E-state index contributed by atoms with van der Waals surface area (Å²) in [5.74, 6) is -0.912. The number of fused-ring (bicyclic) bond motifs is 1. The highest BCUT2D eigenvalue weighted by atomic mass is 16.7. The molecule has 2 aliphatic heterocycles. The van der Waals surface area contributed by atoms with Crippen LogP contribution in [0.5, 0.6) is 5.75 Å². The average molecular weight is 420 g/mol. The molecule has 0 spiro atoms. The van der Waals surface area contributed by atoms with E-state index in [1.165, 1.54) is 0 Å². The first-order valence-corrected chi connectivity index (χ1v) is 10.7. The number of ether oxygens (including phenoxy) is 4. The first kappa shape index (κ1) is 22.6. The number of aryl methyl sites for hydroxylation is 1. The van der Waals surface area contributed by atoms with Gasteiger partial charge < -0.3 is 23.8 Å². The highest BCUT2D eigenvalue weighted by Gasteiger charge is 2.37. The number of hydrogen-bond acceptors (Lipinski definition) is 6. The van der Waals surface area contributed by atoms with Crippen molar-refractivity contribution in [1.82, 2.24) is 0 Å². The molecule has 0 saturated carbocycles. The van der Waals surface area contributed by atoms with Crippen LogP contribution in [-0.4, -0.2) is 50.6 Å². The predicted molar refractivity (Wildman–Crippen MR) is 113 cm³/mol. The summed E-state index contributed by atoms with van der Waals surface area (Å²) in [5, 5.41) is 0. The van der Waals surface area contributed by atoms with Crippen molar-refractivity contribution in [3.05, 3.63) is 23.8 Å². The van der Waals surface area contributed by atoms with Crippen LogP contribution in [0.1, 0.15) is 52.0 Å². The van der Waals surface area contributed by atoms with Crippen molar-refractivity contribution in [1.29, 1.82) is 0 Å². The van der Waals surface area contributed by atoms with E-state index in [1.54, 1.807) is 12.0 Å². The highest BCUT2D eigenvalue weighted by molar-refractivity contribution is 6.07. The van der Waals surface area contributed by atoms with Crippen LogP contribution in [0.3, 0.4) is 0 Å². The fourth-order valence-corrected chi connectivity index (χ4v) is 3.80. The zero-order valence-electron chi connectivity index (χ0n) is 18.4. The molecule has 0 aromatic heterocycles. The summed E-state index contributed by atoms with van der Waals surface area (Å²) in [7, 11) is 1.59. The van der Waals surface area contributed by atoms with Crippen LogP contribution >= 0.6 is 0 Å². The Labute approximate surface area is 178 Å². The number of carbonyl (C=O) groups excluding carboxylic acids is 2. The third kappa shape index (κ3) is 5.73. The van der Waals surface area contributed by atoms with Crippen molar-refractivity contribution in [3.63, 3.8) is 0 Å². The van der Waals surface area contributed by atoms with Crippen molar-refractivity contribution in [3.8, 4) is 5.75 Å². The smallest absolute Gasteiger partial charge is 0.319 e. The Bertz CT molecular complexity index is 751. The highest BCUT2D eigenvalue weighted by Crippen LogP contribution is 2.33. The second-order valence-electron chi connectivity index (χ2n) is 8.78. The number of methoxy groups -OCH3 is 1. The molecule has 30 heavy (non-hydrogen) atoms. The van der Waals surface area contributed by atoms with Crippen molar-refractivity contribution >= 4 is 17.6 Å². The van der Waals surface area contributed by atoms with E-state index in [9.17, 15) is 9.59 Å². The van der Waals surface area contributed by atoms with Gasteiger partial charge in [-0.1, -0.05) is 6.07 Å². The van der Waals surface area contributed by atoms with Gasteiger partial charge in [0, 0.05) is 19.2 Å². The SMILES string of the molecule is COc1ccc2c(c1)N(CCOC1CCCCO1)C(=O)[C@@H](C(=O)OC(C)(C)C)CC2. The minimum atomic E-state index is -0.839. The fraction of sp³-hybridized carbons (Fsp3) is 0.652. The van der Waals surface area contributed by atoms with E-state index in [0.29, 0.717) is 38.3 Å². The van der Waals surface area contributed by atoms with Crippen LogP contribution in [0.15, 0.2) is 18.2 Å². The third-order valence-corrected chi connectivity index (χ3v) is 5.30. The fourth-order valence-electron chi connectivity index (χ4n) is 3.80. The van der Waals surface area contributed by atoms with Crippen molar-refractivity contribution in [2.24, 2.45) is 5.92 Å². The number of rotatable bonds is 6. The molecule has 0 bridgehead atoms. The topological polar surface area (TPSA) is 74.3 Å².